The first-order chi connectivity index (χ1) is 15.1. The van der Waals surface area contributed by atoms with Crippen molar-refractivity contribution < 1.29 is 19.1 Å². The van der Waals surface area contributed by atoms with Crippen molar-refractivity contribution in [3.05, 3.63) is 84.1 Å². The van der Waals surface area contributed by atoms with Crippen LogP contribution in [0.4, 0.5) is 5.69 Å². The van der Waals surface area contributed by atoms with Gasteiger partial charge in [0.15, 0.2) is 5.11 Å². The van der Waals surface area contributed by atoms with Crippen molar-refractivity contribution in [3.8, 4) is 17.1 Å². The maximum absolute atomic E-state index is 12.6. The van der Waals surface area contributed by atoms with Crippen LogP contribution >= 0.6 is 12.2 Å². The standard InChI is InChI=1S/C24H20N2O4S/c1-29-22-13-18(8-10-20(22)21-11-9-19(14-27)30-21)25-24(31)26-23(28)17-7-6-15-4-2-3-5-16(15)12-17/h2-13,27H,14H2,1H3,(H2,25,26,28,31). The Morgan fingerprint density at radius 2 is 1.84 bits per heavy atom. The highest BCUT2D eigenvalue weighted by molar-refractivity contribution is 7.80. The van der Waals surface area contributed by atoms with E-state index in [1.807, 2.05) is 42.5 Å². The van der Waals surface area contributed by atoms with Crippen LogP contribution in [-0.2, 0) is 6.61 Å². The summed E-state index contributed by atoms with van der Waals surface area (Å²) in [6, 6.07) is 22.2. The number of amides is 1. The summed E-state index contributed by atoms with van der Waals surface area (Å²) < 4.78 is 11.0. The minimum Gasteiger partial charge on any atom is -0.496 e. The zero-order chi connectivity index (χ0) is 21.8. The van der Waals surface area contributed by atoms with E-state index in [-0.39, 0.29) is 17.6 Å². The maximum Gasteiger partial charge on any atom is 0.257 e. The summed E-state index contributed by atoms with van der Waals surface area (Å²) in [6.45, 7) is -0.173. The van der Waals surface area contributed by atoms with Crippen molar-refractivity contribution in [1.82, 2.24) is 5.32 Å². The molecule has 0 aliphatic rings. The lowest BCUT2D eigenvalue weighted by Gasteiger charge is -2.13. The van der Waals surface area contributed by atoms with Crippen molar-refractivity contribution in [1.29, 1.82) is 0 Å². The Labute approximate surface area is 184 Å². The molecular formula is C24H20N2O4S. The topological polar surface area (TPSA) is 83.7 Å². The Balaban J connectivity index is 1.46. The number of anilines is 1. The van der Waals surface area contributed by atoms with E-state index >= 15 is 0 Å². The van der Waals surface area contributed by atoms with Gasteiger partial charge in [0.2, 0.25) is 0 Å². The number of carbonyl (C=O) groups is 1. The van der Waals surface area contributed by atoms with Gasteiger partial charge in [0.05, 0.1) is 12.7 Å². The van der Waals surface area contributed by atoms with E-state index < -0.39 is 0 Å². The largest absolute Gasteiger partial charge is 0.496 e. The summed E-state index contributed by atoms with van der Waals surface area (Å²) >= 11 is 5.30. The van der Waals surface area contributed by atoms with Crippen LogP contribution in [0.15, 0.2) is 77.2 Å². The Morgan fingerprint density at radius 3 is 2.58 bits per heavy atom. The lowest BCUT2D eigenvalue weighted by molar-refractivity contribution is 0.0978. The molecule has 0 fully saturated rings. The second-order valence-corrected chi connectivity index (χ2v) is 7.22. The SMILES string of the molecule is COc1cc(NC(=S)NC(=O)c2ccc3ccccc3c2)ccc1-c1ccc(CO)o1. The van der Waals surface area contributed by atoms with Gasteiger partial charge in [-0.2, -0.15) is 0 Å². The van der Waals surface area contributed by atoms with Gasteiger partial charge in [-0.25, -0.2) is 0 Å². The summed E-state index contributed by atoms with van der Waals surface area (Å²) in [5.74, 6) is 1.32. The normalized spacial score (nSPS) is 10.6. The first-order valence-electron chi connectivity index (χ1n) is 9.56. The second-order valence-electron chi connectivity index (χ2n) is 6.81. The van der Waals surface area contributed by atoms with E-state index in [4.69, 9.17) is 21.4 Å². The van der Waals surface area contributed by atoms with Crippen LogP contribution in [0.5, 0.6) is 5.75 Å². The van der Waals surface area contributed by atoms with Crippen LogP contribution in [-0.4, -0.2) is 23.2 Å². The van der Waals surface area contributed by atoms with Crippen molar-refractivity contribution >= 4 is 39.7 Å². The molecule has 0 aliphatic carbocycles. The number of nitrogens with one attached hydrogen (secondary N) is 2. The third-order valence-corrected chi connectivity index (χ3v) is 4.99. The predicted octanol–water partition coefficient (Wildman–Crippen LogP) is 4.73. The van der Waals surface area contributed by atoms with E-state index in [0.717, 1.165) is 16.3 Å². The van der Waals surface area contributed by atoms with Gasteiger partial charge in [-0.05, 0) is 59.4 Å². The molecule has 7 heteroatoms. The molecule has 4 rings (SSSR count). The van der Waals surface area contributed by atoms with Crippen LogP contribution in [0, 0.1) is 0 Å². The Kier molecular flexibility index (Phi) is 5.97. The van der Waals surface area contributed by atoms with E-state index in [1.54, 1.807) is 37.4 Å². The molecule has 0 bridgehead atoms. The first kappa shape index (κ1) is 20.6. The summed E-state index contributed by atoms with van der Waals surface area (Å²) in [6.07, 6.45) is 0. The quantitative estimate of drug-likeness (QED) is 0.396. The number of furan rings is 1. The highest BCUT2D eigenvalue weighted by Gasteiger charge is 2.13. The zero-order valence-corrected chi connectivity index (χ0v) is 17.5. The molecule has 1 amide bonds. The maximum atomic E-state index is 12.6. The average Bonchev–Trinajstić information content (AvgIpc) is 3.27. The van der Waals surface area contributed by atoms with Crippen LogP contribution < -0.4 is 15.4 Å². The summed E-state index contributed by atoms with van der Waals surface area (Å²) in [7, 11) is 1.55. The van der Waals surface area contributed by atoms with Crippen LogP contribution in [0.1, 0.15) is 16.1 Å². The number of thiocarbonyl (C=S) groups is 1. The fourth-order valence-corrected chi connectivity index (χ4v) is 3.46. The van der Waals surface area contributed by atoms with Gasteiger partial charge in [-0.1, -0.05) is 30.3 Å². The second kappa shape index (κ2) is 8.99. The number of benzene rings is 3. The molecule has 31 heavy (non-hydrogen) atoms. The molecule has 0 saturated carbocycles. The van der Waals surface area contributed by atoms with Crippen molar-refractivity contribution in [2.45, 2.75) is 6.61 Å². The molecule has 0 spiro atoms. The molecule has 3 N–H and O–H groups in total. The van der Waals surface area contributed by atoms with Gasteiger partial charge in [-0.15, -0.1) is 0 Å². The molecule has 156 valence electrons. The number of aliphatic hydroxyl groups is 1. The Hall–Kier alpha value is -3.68. The smallest absolute Gasteiger partial charge is 0.257 e. The number of fused-ring (bicyclic) bond motifs is 1. The first-order valence-corrected chi connectivity index (χ1v) is 9.97. The van der Waals surface area contributed by atoms with Crippen molar-refractivity contribution in [3.63, 3.8) is 0 Å². The molecule has 1 heterocycles. The monoisotopic (exact) mass is 432 g/mol. The van der Waals surface area contributed by atoms with E-state index in [0.29, 0.717) is 28.5 Å². The van der Waals surface area contributed by atoms with Crippen molar-refractivity contribution in [2.75, 3.05) is 12.4 Å². The predicted molar refractivity (Wildman–Crippen MR) is 124 cm³/mol. The molecule has 3 aromatic carbocycles. The Bertz CT molecular complexity index is 1270. The number of carbonyl (C=O) groups excluding carboxylic acids is 1. The van der Waals surface area contributed by atoms with Gasteiger partial charge < -0.3 is 19.6 Å². The van der Waals surface area contributed by atoms with Crippen LogP contribution in [0.2, 0.25) is 0 Å². The molecule has 4 aromatic rings. The molecule has 0 aliphatic heterocycles. The Morgan fingerprint density at radius 1 is 1.03 bits per heavy atom. The molecule has 0 unspecified atom stereocenters. The lowest BCUT2D eigenvalue weighted by atomic mass is 10.1. The zero-order valence-electron chi connectivity index (χ0n) is 16.7. The van der Waals surface area contributed by atoms with Gasteiger partial charge >= 0.3 is 0 Å². The molecule has 0 atom stereocenters. The molecule has 6 nitrogen and oxygen atoms in total. The average molecular weight is 433 g/mol. The molecule has 0 saturated heterocycles. The number of hydrogen-bond donors (Lipinski definition) is 3. The van der Waals surface area contributed by atoms with E-state index in [9.17, 15) is 9.90 Å². The summed E-state index contributed by atoms with van der Waals surface area (Å²) in [5.41, 5.74) is 1.91. The third kappa shape index (κ3) is 4.58. The van der Waals surface area contributed by atoms with Gasteiger partial charge in [0.1, 0.15) is 23.9 Å². The fraction of sp³-hybridized carbons (Fsp3) is 0.0833. The van der Waals surface area contributed by atoms with Crippen LogP contribution in [0.25, 0.3) is 22.1 Å². The fourth-order valence-electron chi connectivity index (χ4n) is 3.25. The van der Waals surface area contributed by atoms with Gasteiger partial charge in [0.25, 0.3) is 5.91 Å². The van der Waals surface area contributed by atoms with Gasteiger partial charge in [0, 0.05) is 17.3 Å². The summed E-state index contributed by atoms with van der Waals surface area (Å²) in [5, 5.41) is 17.1. The van der Waals surface area contributed by atoms with Crippen LogP contribution in [0.3, 0.4) is 0 Å². The van der Waals surface area contributed by atoms with Crippen molar-refractivity contribution in [2.24, 2.45) is 0 Å². The molecule has 0 radical (unpaired) electrons. The molecule has 1 aromatic heterocycles. The number of aliphatic hydroxyl groups excluding tert-OH is 1. The van der Waals surface area contributed by atoms with E-state index in [1.165, 1.54) is 0 Å². The van der Waals surface area contributed by atoms with E-state index in [2.05, 4.69) is 10.6 Å². The minimum absolute atomic E-state index is 0.173. The number of hydrogen-bond acceptors (Lipinski definition) is 5. The highest BCUT2D eigenvalue weighted by atomic mass is 32.1. The summed E-state index contributed by atoms with van der Waals surface area (Å²) in [4.78, 5) is 12.6. The number of methoxy groups -OCH3 is 1. The third-order valence-electron chi connectivity index (χ3n) is 4.78. The number of rotatable bonds is 5. The number of ether oxygens (including phenoxy) is 1. The lowest BCUT2D eigenvalue weighted by Crippen LogP contribution is -2.34. The highest BCUT2D eigenvalue weighted by Crippen LogP contribution is 2.33. The minimum atomic E-state index is -0.293. The van der Waals surface area contributed by atoms with Gasteiger partial charge in [-0.3, -0.25) is 10.1 Å². The molecular weight excluding hydrogens is 412 g/mol.